The van der Waals surface area contributed by atoms with Gasteiger partial charge in [-0.3, -0.25) is 9.59 Å². The number of nitrogens with zero attached hydrogens (tertiary/aromatic N) is 2. The van der Waals surface area contributed by atoms with Crippen molar-refractivity contribution in [2.75, 3.05) is 0 Å². The Morgan fingerprint density at radius 2 is 2.21 bits per heavy atom. The van der Waals surface area contributed by atoms with Crippen LogP contribution < -0.4 is 5.56 Å². The lowest BCUT2D eigenvalue weighted by Gasteiger charge is -2.08. The van der Waals surface area contributed by atoms with Crippen LogP contribution in [-0.2, 0) is 6.54 Å². The molecule has 0 unspecified atom stereocenters. The van der Waals surface area contributed by atoms with Crippen LogP contribution in [0.25, 0.3) is 0 Å². The molecular formula is C10H14N2O2. The van der Waals surface area contributed by atoms with Crippen molar-refractivity contribution >= 4 is 6.29 Å². The highest BCUT2D eigenvalue weighted by atomic mass is 16.1. The lowest BCUT2D eigenvalue weighted by atomic mass is 10.1. The van der Waals surface area contributed by atoms with Gasteiger partial charge in [-0.05, 0) is 18.9 Å². The Morgan fingerprint density at radius 1 is 1.57 bits per heavy atom. The predicted molar refractivity (Wildman–Crippen MR) is 53.6 cm³/mol. The summed E-state index contributed by atoms with van der Waals surface area (Å²) >= 11 is 0. The SMILES string of the molecule is CCn1nc(C(C)C)cc(C=O)c1=O. The van der Waals surface area contributed by atoms with Gasteiger partial charge in [-0.2, -0.15) is 5.10 Å². The molecular weight excluding hydrogens is 180 g/mol. The van der Waals surface area contributed by atoms with Gasteiger partial charge in [0, 0.05) is 6.54 Å². The standard InChI is InChI=1S/C10H14N2O2/c1-4-12-10(14)8(6-13)5-9(11-12)7(2)3/h5-7H,4H2,1-3H3. The van der Waals surface area contributed by atoms with Crippen molar-refractivity contribution in [3.63, 3.8) is 0 Å². The van der Waals surface area contributed by atoms with Crippen molar-refractivity contribution in [1.82, 2.24) is 9.78 Å². The van der Waals surface area contributed by atoms with E-state index >= 15 is 0 Å². The Labute approximate surface area is 82.6 Å². The molecule has 0 saturated heterocycles. The van der Waals surface area contributed by atoms with E-state index in [4.69, 9.17) is 0 Å². The molecule has 1 aromatic rings. The molecule has 0 N–H and O–H groups in total. The summed E-state index contributed by atoms with van der Waals surface area (Å²) in [7, 11) is 0. The first-order valence-electron chi connectivity index (χ1n) is 4.67. The van der Waals surface area contributed by atoms with E-state index in [1.807, 2.05) is 20.8 Å². The third-order valence-electron chi connectivity index (χ3n) is 2.04. The molecule has 0 aliphatic rings. The Balaban J connectivity index is 3.39. The highest BCUT2D eigenvalue weighted by Crippen LogP contribution is 2.09. The van der Waals surface area contributed by atoms with Gasteiger partial charge in [0.2, 0.25) is 0 Å². The predicted octanol–water partition coefficient (Wildman–Crippen LogP) is 1.20. The molecule has 0 saturated carbocycles. The van der Waals surface area contributed by atoms with Crippen LogP contribution in [-0.4, -0.2) is 16.1 Å². The second-order valence-corrected chi connectivity index (χ2v) is 3.42. The number of carbonyl (C=O) groups excluding carboxylic acids is 1. The summed E-state index contributed by atoms with van der Waals surface area (Å²) in [5.74, 6) is 0.215. The Hall–Kier alpha value is -1.45. The van der Waals surface area contributed by atoms with Gasteiger partial charge in [-0.25, -0.2) is 4.68 Å². The maximum atomic E-state index is 11.5. The molecule has 1 aromatic heterocycles. The fraction of sp³-hybridized carbons (Fsp3) is 0.500. The Bertz CT molecular complexity index is 394. The van der Waals surface area contributed by atoms with E-state index in [9.17, 15) is 9.59 Å². The first-order valence-corrected chi connectivity index (χ1v) is 4.67. The van der Waals surface area contributed by atoms with Crippen molar-refractivity contribution in [3.8, 4) is 0 Å². The quantitative estimate of drug-likeness (QED) is 0.679. The largest absolute Gasteiger partial charge is 0.298 e. The van der Waals surface area contributed by atoms with E-state index in [-0.39, 0.29) is 17.0 Å². The van der Waals surface area contributed by atoms with E-state index in [0.717, 1.165) is 5.69 Å². The summed E-state index contributed by atoms with van der Waals surface area (Å²) in [4.78, 5) is 22.1. The van der Waals surface area contributed by atoms with Crippen LogP contribution in [0.3, 0.4) is 0 Å². The molecule has 14 heavy (non-hydrogen) atoms. The van der Waals surface area contributed by atoms with Gasteiger partial charge in [0.05, 0.1) is 11.3 Å². The normalized spacial score (nSPS) is 10.6. The molecule has 0 atom stereocenters. The fourth-order valence-electron chi connectivity index (χ4n) is 1.16. The molecule has 0 amide bonds. The lowest BCUT2D eigenvalue weighted by Crippen LogP contribution is -2.26. The van der Waals surface area contributed by atoms with E-state index < -0.39 is 0 Å². The molecule has 0 radical (unpaired) electrons. The topological polar surface area (TPSA) is 52.0 Å². The number of aldehydes is 1. The smallest absolute Gasteiger partial charge is 0.277 e. The summed E-state index contributed by atoms with van der Waals surface area (Å²) in [6.45, 7) is 6.26. The average Bonchev–Trinajstić information content (AvgIpc) is 2.17. The highest BCUT2D eigenvalue weighted by molar-refractivity contribution is 5.74. The number of rotatable bonds is 3. The van der Waals surface area contributed by atoms with Gasteiger partial charge in [-0.1, -0.05) is 13.8 Å². The van der Waals surface area contributed by atoms with Crippen LogP contribution in [0.1, 0.15) is 42.7 Å². The van der Waals surface area contributed by atoms with Crippen molar-refractivity contribution in [2.24, 2.45) is 0 Å². The van der Waals surface area contributed by atoms with Crippen LogP contribution in [0.4, 0.5) is 0 Å². The second kappa shape index (κ2) is 4.17. The average molecular weight is 194 g/mol. The number of aromatic nitrogens is 2. The molecule has 0 aromatic carbocycles. The van der Waals surface area contributed by atoms with Gasteiger partial charge in [-0.15, -0.1) is 0 Å². The van der Waals surface area contributed by atoms with Crippen LogP contribution >= 0.6 is 0 Å². The van der Waals surface area contributed by atoms with Crippen LogP contribution in [0, 0.1) is 0 Å². The van der Waals surface area contributed by atoms with Crippen molar-refractivity contribution < 1.29 is 4.79 Å². The zero-order chi connectivity index (χ0) is 10.7. The number of aryl methyl sites for hydroxylation is 1. The zero-order valence-electron chi connectivity index (χ0n) is 8.65. The molecule has 0 aliphatic heterocycles. The van der Waals surface area contributed by atoms with Crippen molar-refractivity contribution in [1.29, 1.82) is 0 Å². The number of hydrogen-bond acceptors (Lipinski definition) is 3. The lowest BCUT2D eigenvalue weighted by molar-refractivity contribution is 0.112. The Morgan fingerprint density at radius 3 is 2.64 bits per heavy atom. The summed E-state index contributed by atoms with van der Waals surface area (Å²) < 4.78 is 1.32. The number of hydrogen-bond donors (Lipinski definition) is 0. The maximum Gasteiger partial charge on any atom is 0.277 e. The van der Waals surface area contributed by atoms with E-state index in [2.05, 4.69) is 5.10 Å². The van der Waals surface area contributed by atoms with Gasteiger partial charge in [0.1, 0.15) is 0 Å². The fourth-order valence-corrected chi connectivity index (χ4v) is 1.16. The molecule has 1 rings (SSSR count). The van der Waals surface area contributed by atoms with Gasteiger partial charge in [0.25, 0.3) is 5.56 Å². The third-order valence-corrected chi connectivity index (χ3v) is 2.04. The first kappa shape index (κ1) is 10.6. The van der Waals surface area contributed by atoms with Crippen LogP contribution in [0.15, 0.2) is 10.9 Å². The molecule has 0 spiro atoms. The van der Waals surface area contributed by atoms with Crippen LogP contribution in [0.5, 0.6) is 0 Å². The minimum atomic E-state index is -0.313. The molecule has 0 fully saturated rings. The first-order chi connectivity index (χ1) is 6.60. The van der Waals surface area contributed by atoms with E-state index in [0.29, 0.717) is 12.8 Å². The molecule has 4 heteroatoms. The summed E-state index contributed by atoms with van der Waals surface area (Å²) in [5, 5.41) is 4.14. The van der Waals surface area contributed by atoms with Crippen LogP contribution in [0.2, 0.25) is 0 Å². The number of carbonyl (C=O) groups is 1. The minimum Gasteiger partial charge on any atom is -0.298 e. The van der Waals surface area contributed by atoms with E-state index in [1.165, 1.54) is 4.68 Å². The highest BCUT2D eigenvalue weighted by Gasteiger charge is 2.08. The van der Waals surface area contributed by atoms with Gasteiger partial charge >= 0.3 is 0 Å². The maximum absolute atomic E-state index is 11.5. The van der Waals surface area contributed by atoms with Crippen molar-refractivity contribution in [2.45, 2.75) is 33.2 Å². The monoisotopic (exact) mass is 194 g/mol. The summed E-state index contributed by atoms with van der Waals surface area (Å²) in [6, 6.07) is 1.56. The molecule has 0 aliphatic carbocycles. The summed E-state index contributed by atoms with van der Waals surface area (Å²) in [5.41, 5.74) is 0.644. The molecule has 0 bridgehead atoms. The molecule has 4 nitrogen and oxygen atoms in total. The molecule has 1 heterocycles. The van der Waals surface area contributed by atoms with Gasteiger partial charge in [0.15, 0.2) is 6.29 Å². The van der Waals surface area contributed by atoms with E-state index in [1.54, 1.807) is 6.07 Å². The van der Waals surface area contributed by atoms with Crippen molar-refractivity contribution in [3.05, 3.63) is 27.7 Å². The van der Waals surface area contributed by atoms with Gasteiger partial charge < -0.3 is 0 Å². The zero-order valence-corrected chi connectivity index (χ0v) is 8.65. The Kier molecular flexibility index (Phi) is 3.17. The second-order valence-electron chi connectivity index (χ2n) is 3.42. The molecule has 76 valence electrons. The third kappa shape index (κ3) is 1.89. The minimum absolute atomic E-state index is 0.186. The summed E-state index contributed by atoms with van der Waals surface area (Å²) in [6.07, 6.45) is 0.585.